The molecule has 0 fully saturated rings. The van der Waals surface area contributed by atoms with Crippen LogP contribution in [0.3, 0.4) is 0 Å². The third-order valence-electron chi connectivity index (χ3n) is 2.25. The molecule has 0 saturated carbocycles. The number of hydrogen-bond acceptors (Lipinski definition) is 3. The van der Waals surface area contributed by atoms with Crippen molar-refractivity contribution in [2.24, 2.45) is 0 Å². The molecule has 0 saturated heterocycles. The number of carbonyl (C=O) groups is 2. The highest BCUT2D eigenvalue weighted by atomic mass is 19.1. The number of amides is 1. The fourth-order valence-corrected chi connectivity index (χ4v) is 1.47. The van der Waals surface area contributed by atoms with E-state index in [1.807, 2.05) is 0 Å². The van der Waals surface area contributed by atoms with Gasteiger partial charge in [0.05, 0.1) is 0 Å². The Balaban J connectivity index is 2.07. The first-order chi connectivity index (χ1) is 9.04. The Bertz CT molecular complexity index is 624. The molecule has 0 atom stereocenters. The molecule has 0 bridgehead atoms. The molecule has 98 valence electrons. The Hall–Kier alpha value is -2.70. The standard InChI is InChI=1S/C12H10FN3O3/c13-8-2-1-3-9(6-8)14-12(19)10-4-5-16(15-10)7-11(17)18/h1-6H,7H2,(H,14,19)(H,17,18). The van der Waals surface area contributed by atoms with Crippen molar-refractivity contribution in [3.05, 3.63) is 48.0 Å². The molecular formula is C12H10FN3O3. The number of aromatic nitrogens is 2. The Morgan fingerprint density at radius 3 is 2.84 bits per heavy atom. The van der Waals surface area contributed by atoms with Crippen LogP contribution >= 0.6 is 0 Å². The molecule has 0 aliphatic heterocycles. The molecule has 2 N–H and O–H groups in total. The van der Waals surface area contributed by atoms with Crippen LogP contribution in [0.5, 0.6) is 0 Å². The number of carboxylic acids is 1. The van der Waals surface area contributed by atoms with E-state index in [1.165, 1.54) is 36.5 Å². The number of benzene rings is 1. The van der Waals surface area contributed by atoms with Gasteiger partial charge >= 0.3 is 5.97 Å². The fourth-order valence-electron chi connectivity index (χ4n) is 1.47. The highest BCUT2D eigenvalue weighted by Gasteiger charge is 2.11. The summed E-state index contributed by atoms with van der Waals surface area (Å²) in [4.78, 5) is 22.2. The first kappa shape index (κ1) is 12.7. The van der Waals surface area contributed by atoms with E-state index in [0.717, 1.165) is 4.68 Å². The van der Waals surface area contributed by atoms with Crippen molar-refractivity contribution in [1.82, 2.24) is 9.78 Å². The second kappa shape index (κ2) is 5.30. The lowest BCUT2D eigenvalue weighted by Gasteiger charge is -2.02. The Labute approximate surface area is 107 Å². The number of rotatable bonds is 4. The molecule has 0 aliphatic rings. The van der Waals surface area contributed by atoms with Gasteiger partial charge in [-0.3, -0.25) is 14.3 Å². The molecule has 1 amide bonds. The molecular weight excluding hydrogens is 253 g/mol. The zero-order valence-corrected chi connectivity index (χ0v) is 9.71. The fraction of sp³-hybridized carbons (Fsp3) is 0.0833. The lowest BCUT2D eigenvalue weighted by molar-refractivity contribution is -0.137. The highest BCUT2D eigenvalue weighted by Crippen LogP contribution is 2.10. The predicted octanol–water partition coefficient (Wildman–Crippen LogP) is 1.36. The second-order valence-electron chi connectivity index (χ2n) is 3.76. The van der Waals surface area contributed by atoms with Gasteiger partial charge in [-0.05, 0) is 24.3 Å². The summed E-state index contributed by atoms with van der Waals surface area (Å²) in [6.07, 6.45) is 1.38. The van der Waals surface area contributed by atoms with Gasteiger partial charge in [0.15, 0.2) is 5.69 Å². The minimum atomic E-state index is -1.06. The number of hydrogen-bond donors (Lipinski definition) is 2. The summed E-state index contributed by atoms with van der Waals surface area (Å²) >= 11 is 0. The van der Waals surface area contributed by atoms with E-state index in [9.17, 15) is 14.0 Å². The average molecular weight is 263 g/mol. The van der Waals surface area contributed by atoms with E-state index in [-0.39, 0.29) is 12.2 Å². The highest BCUT2D eigenvalue weighted by molar-refractivity contribution is 6.02. The summed E-state index contributed by atoms with van der Waals surface area (Å²) in [6, 6.07) is 6.82. The van der Waals surface area contributed by atoms with Gasteiger partial charge < -0.3 is 10.4 Å². The minimum absolute atomic E-state index is 0.0607. The summed E-state index contributed by atoms with van der Waals surface area (Å²) in [5.41, 5.74) is 0.364. The Morgan fingerprint density at radius 2 is 2.16 bits per heavy atom. The number of carbonyl (C=O) groups excluding carboxylic acids is 1. The summed E-state index contributed by atoms with van der Waals surface area (Å²) in [7, 11) is 0. The number of anilines is 1. The topological polar surface area (TPSA) is 84.2 Å². The minimum Gasteiger partial charge on any atom is -0.480 e. The van der Waals surface area contributed by atoms with Crippen molar-refractivity contribution < 1.29 is 19.1 Å². The van der Waals surface area contributed by atoms with Gasteiger partial charge in [0.1, 0.15) is 12.4 Å². The van der Waals surface area contributed by atoms with Gasteiger partial charge in [-0.2, -0.15) is 5.10 Å². The summed E-state index contributed by atoms with van der Waals surface area (Å²) in [6.45, 7) is -0.326. The Morgan fingerprint density at radius 1 is 1.37 bits per heavy atom. The van der Waals surface area contributed by atoms with Crippen LogP contribution in [-0.2, 0) is 11.3 Å². The van der Waals surface area contributed by atoms with Crippen LogP contribution in [0.25, 0.3) is 0 Å². The number of aliphatic carboxylic acids is 1. The van der Waals surface area contributed by atoms with Crippen molar-refractivity contribution in [2.75, 3.05) is 5.32 Å². The molecule has 6 nitrogen and oxygen atoms in total. The molecule has 0 aliphatic carbocycles. The van der Waals surface area contributed by atoms with Crippen molar-refractivity contribution in [3.8, 4) is 0 Å². The van der Waals surface area contributed by atoms with Gasteiger partial charge in [-0.15, -0.1) is 0 Å². The smallest absolute Gasteiger partial charge is 0.325 e. The SMILES string of the molecule is O=C(O)Cn1ccc(C(=O)Nc2cccc(F)c2)n1. The van der Waals surface area contributed by atoms with Gasteiger partial charge in [0.25, 0.3) is 5.91 Å². The van der Waals surface area contributed by atoms with Crippen LogP contribution in [0, 0.1) is 5.82 Å². The lowest BCUT2D eigenvalue weighted by atomic mass is 10.3. The quantitative estimate of drug-likeness (QED) is 0.872. The third-order valence-corrected chi connectivity index (χ3v) is 2.25. The van der Waals surface area contributed by atoms with Crippen LogP contribution in [0.15, 0.2) is 36.5 Å². The maximum absolute atomic E-state index is 12.9. The van der Waals surface area contributed by atoms with Crippen LogP contribution < -0.4 is 5.32 Å². The Kier molecular flexibility index (Phi) is 3.56. The molecule has 19 heavy (non-hydrogen) atoms. The zero-order chi connectivity index (χ0) is 13.8. The normalized spacial score (nSPS) is 10.2. The zero-order valence-electron chi connectivity index (χ0n) is 9.71. The van der Waals surface area contributed by atoms with Gasteiger partial charge in [-0.1, -0.05) is 6.07 Å². The molecule has 1 aromatic heterocycles. The average Bonchev–Trinajstić information content (AvgIpc) is 2.76. The van der Waals surface area contributed by atoms with Crippen LogP contribution in [0.1, 0.15) is 10.5 Å². The van der Waals surface area contributed by atoms with Gasteiger partial charge in [0, 0.05) is 11.9 Å². The van der Waals surface area contributed by atoms with Crippen LogP contribution in [-0.4, -0.2) is 26.8 Å². The molecule has 0 unspecified atom stereocenters. The van der Waals surface area contributed by atoms with Gasteiger partial charge in [0.2, 0.25) is 0 Å². The molecule has 2 aromatic rings. The molecule has 1 aromatic carbocycles. The monoisotopic (exact) mass is 263 g/mol. The van der Waals surface area contributed by atoms with E-state index >= 15 is 0 Å². The largest absolute Gasteiger partial charge is 0.480 e. The third kappa shape index (κ3) is 3.38. The molecule has 0 spiro atoms. The number of carboxylic acid groups (broad SMARTS) is 1. The predicted molar refractivity (Wildman–Crippen MR) is 64.2 cm³/mol. The summed E-state index contributed by atoms with van der Waals surface area (Å²) in [5, 5.41) is 14.8. The number of halogens is 1. The van der Waals surface area contributed by atoms with Crippen molar-refractivity contribution in [2.45, 2.75) is 6.54 Å². The lowest BCUT2D eigenvalue weighted by Crippen LogP contribution is -2.15. The van der Waals surface area contributed by atoms with Crippen molar-refractivity contribution >= 4 is 17.6 Å². The van der Waals surface area contributed by atoms with Crippen molar-refractivity contribution in [3.63, 3.8) is 0 Å². The van der Waals surface area contributed by atoms with Gasteiger partial charge in [-0.25, -0.2) is 4.39 Å². The molecule has 0 radical (unpaired) electrons. The number of nitrogens with one attached hydrogen (secondary N) is 1. The number of nitrogens with zero attached hydrogens (tertiary/aromatic N) is 2. The first-order valence-electron chi connectivity index (χ1n) is 5.37. The van der Waals surface area contributed by atoms with Crippen LogP contribution in [0.4, 0.5) is 10.1 Å². The van der Waals surface area contributed by atoms with E-state index in [0.29, 0.717) is 5.69 Å². The maximum Gasteiger partial charge on any atom is 0.325 e. The van der Waals surface area contributed by atoms with Crippen LogP contribution in [0.2, 0.25) is 0 Å². The summed E-state index contributed by atoms with van der Waals surface area (Å²) < 4.78 is 14.1. The van der Waals surface area contributed by atoms with E-state index in [4.69, 9.17) is 5.11 Å². The van der Waals surface area contributed by atoms with E-state index < -0.39 is 17.7 Å². The second-order valence-corrected chi connectivity index (χ2v) is 3.76. The van der Waals surface area contributed by atoms with E-state index in [2.05, 4.69) is 10.4 Å². The molecule has 2 rings (SSSR count). The summed E-state index contributed by atoms with van der Waals surface area (Å²) in [5.74, 6) is -2.05. The molecule has 7 heteroatoms. The molecule has 1 heterocycles. The van der Waals surface area contributed by atoms with Crippen molar-refractivity contribution in [1.29, 1.82) is 0 Å². The first-order valence-corrected chi connectivity index (χ1v) is 5.37. The maximum atomic E-state index is 12.9. The van der Waals surface area contributed by atoms with E-state index in [1.54, 1.807) is 0 Å².